The first-order chi connectivity index (χ1) is 14.2. The Bertz CT molecular complexity index is 1340. The highest BCUT2D eigenvalue weighted by Gasteiger charge is 2.19. The van der Waals surface area contributed by atoms with Crippen molar-refractivity contribution in [2.45, 2.75) is 0 Å². The molecule has 0 unspecified atom stereocenters. The first-order valence-corrected chi connectivity index (χ1v) is 9.93. The van der Waals surface area contributed by atoms with Crippen molar-refractivity contribution in [3.8, 4) is 16.3 Å². The highest BCUT2D eigenvalue weighted by Crippen LogP contribution is 2.41. The number of thiazole rings is 1. The minimum Gasteiger partial charge on any atom is -0.493 e. The zero-order valence-corrected chi connectivity index (χ0v) is 16.3. The van der Waals surface area contributed by atoms with Crippen LogP contribution < -0.4 is 10.1 Å². The molecule has 3 aromatic carbocycles. The maximum absolute atomic E-state index is 12.6. The summed E-state index contributed by atoms with van der Waals surface area (Å²) >= 11 is 1.43. The molecule has 5 rings (SSSR count). The van der Waals surface area contributed by atoms with Gasteiger partial charge in [0.2, 0.25) is 0 Å². The number of hydrogen-bond acceptors (Lipinski definition) is 5. The summed E-state index contributed by atoms with van der Waals surface area (Å²) in [6, 6.07) is 21.0. The molecule has 2 heterocycles. The van der Waals surface area contributed by atoms with E-state index in [1.54, 1.807) is 12.5 Å². The molecule has 6 heteroatoms. The number of hydrogen-bond donors (Lipinski definition) is 1. The predicted molar refractivity (Wildman–Crippen MR) is 116 cm³/mol. The lowest BCUT2D eigenvalue weighted by Crippen LogP contribution is -2.12. The number of aromatic nitrogens is 1. The Hall–Kier alpha value is -3.64. The summed E-state index contributed by atoms with van der Waals surface area (Å²) in [7, 11) is 1.62. The van der Waals surface area contributed by atoms with Crippen LogP contribution in [0.5, 0.6) is 5.75 Å². The van der Waals surface area contributed by atoms with Crippen LogP contribution in [0.4, 0.5) is 5.69 Å². The van der Waals surface area contributed by atoms with Crippen molar-refractivity contribution in [1.29, 1.82) is 0 Å². The van der Waals surface area contributed by atoms with Gasteiger partial charge in [-0.05, 0) is 30.3 Å². The Morgan fingerprint density at radius 1 is 1.03 bits per heavy atom. The van der Waals surface area contributed by atoms with E-state index in [1.165, 1.54) is 11.3 Å². The SMILES string of the molecule is COc1ccc(-c2nc(C(=O)Nc3ccccc3)cs2)c2c1oc1ccccc12. The van der Waals surface area contributed by atoms with Crippen molar-refractivity contribution in [3.05, 3.63) is 77.8 Å². The smallest absolute Gasteiger partial charge is 0.275 e. The highest BCUT2D eigenvalue weighted by atomic mass is 32.1. The largest absolute Gasteiger partial charge is 0.493 e. The van der Waals surface area contributed by atoms with Gasteiger partial charge in [0, 0.05) is 27.4 Å². The summed E-state index contributed by atoms with van der Waals surface area (Å²) in [4.78, 5) is 17.2. The van der Waals surface area contributed by atoms with E-state index in [0.29, 0.717) is 17.0 Å². The summed E-state index contributed by atoms with van der Waals surface area (Å²) in [6.07, 6.45) is 0. The van der Waals surface area contributed by atoms with Gasteiger partial charge in [-0.25, -0.2) is 4.98 Å². The topological polar surface area (TPSA) is 64.4 Å². The summed E-state index contributed by atoms with van der Waals surface area (Å²) in [6.45, 7) is 0. The lowest BCUT2D eigenvalue weighted by molar-refractivity contribution is 0.102. The van der Waals surface area contributed by atoms with E-state index in [2.05, 4.69) is 10.3 Å². The standard InChI is InChI=1S/C23H16N2O3S/c1-27-19-12-11-16(20-15-9-5-6-10-18(15)28-21(19)20)23-25-17(13-29-23)22(26)24-14-7-3-2-4-8-14/h2-13H,1H3,(H,24,26). The van der Waals surface area contributed by atoms with Crippen molar-refractivity contribution in [2.75, 3.05) is 12.4 Å². The molecule has 0 atom stereocenters. The summed E-state index contributed by atoms with van der Waals surface area (Å²) < 4.78 is 11.5. The molecule has 1 N–H and O–H groups in total. The molecule has 0 aliphatic heterocycles. The first kappa shape index (κ1) is 17.5. The van der Waals surface area contributed by atoms with E-state index in [1.807, 2.05) is 66.7 Å². The van der Waals surface area contributed by atoms with Crippen molar-refractivity contribution < 1.29 is 13.9 Å². The van der Waals surface area contributed by atoms with Gasteiger partial charge in [-0.2, -0.15) is 0 Å². The number of nitrogens with one attached hydrogen (secondary N) is 1. The van der Waals surface area contributed by atoms with E-state index in [-0.39, 0.29) is 5.91 Å². The summed E-state index contributed by atoms with van der Waals surface area (Å²) in [5.41, 5.74) is 3.49. The number of amides is 1. The van der Waals surface area contributed by atoms with Crippen LogP contribution in [0.3, 0.4) is 0 Å². The number of anilines is 1. The summed E-state index contributed by atoms with van der Waals surface area (Å²) in [5, 5.41) is 7.31. The number of furan rings is 1. The van der Waals surface area contributed by atoms with Crippen molar-refractivity contribution >= 4 is 44.9 Å². The molecule has 0 spiro atoms. The van der Waals surface area contributed by atoms with Gasteiger partial charge < -0.3 is 14.5 Å². The number of carbonyl (C=O) groups excluding carboxylic acids is 1. The number of methoxy groups -OCH3 is 1. The fourth-order valence-electron chi connectivity index (χ4n) is 3.36. The third-order valence-electron chi connectivity index (χ3n) is 4.71. The molecule has 0 aliphatic rings. The molecule has 0 radical (unpaired) electrons. The summed E-state index contributed by atoms with van der Waals surface area (Å²) in [5.74, 6) is 0.430. The van der Waals surface area contributed by atoms with E-state index >= 15 is 0 Å². The number of nitrogens with zero attached hydrogens (tertiary/aromatic N) is 1. The monoisotopic (exact) mass is 400 g/mol. The minimum atomic E-state index is -0.236. The average Bonchev–Trinajstić information content (AvgIpc) is 3.39. The molecule has 1 amide bonds. The van der Waals surface area contributed by atoms with Crippen LogP contribution in [-0.2, 0) is 0 Å². The maximum Gasteiger partial charge on any atom is 0.275 e. The van der Waals surface area contributed by atoms with Crippen LogP contribution in [0.2, 0.25) is 0 Å². The van der Waals surface area contributed by atoms with Gasteiger partial charge in [0.05, 0.1) is 7.11 Å². The first-order valence-electron chi connectivity index (χ1n) is 9.05. The van der Waals surface area contributed by atoms with Crippen molar-refractivity contribution in [2.24, 2.45) is 0 Å². The third kappa shape index (κ3) is 3.03. The van der Waals surface area contributed by atoms with Crippen LogP contribution in [0.1, 0.15) is 10.5 Å². The van der Waals surface area contributed by atoms with E-state index in [4.69, 9.17) is 9.15 Å². The lowest BCUT2D eigenvalue weighted by atomic mass is 10.1. The number of para-hydroxylation sites is 2. The molecule has 0 fully saturated rings. The van der Waals surface area contributed by atoms with Crippen LogP contribution in [0.15, 0.2) is 76.5 Å². The van der Waals surface area contributed by atoms with Gasteiger partial charge in [0.25, 0.3) is 5.91 Å². The maximum atomic E-state index is 12.6. The second kappa shape index (κ2) is 7.07. The fraction of sp³-hybridized carbons (Fsp3) is 0.0435. The van der Waals surface area contributed by atoms with Crippen LogP contribution in [-0.4, -0.2) is 18.0 Å². The van der Waals surface area contributed by atoms with Gasteiger partial charge >= 0.3 is 0 Å². The van der Waals surface area contributed by atoms with Crippen molar-refractivity contribution in [1.82, 2.24) is 4.98 Å². The minimum absolute atomic E-state index is 0.236. The molecular formula is C23H16N2O3S. The number of carbonyl (C=O) groups is 1. The van der Waals surface area contributed by atoms with Gasteiger partial charge in [-0.1, -0.05) is 36.4 Å². The third-order valence-corrected chi connectivity index (χ3v) is 5.58. The predicted octanol–water partition coefficient (Wildman–Crippen LogP) is 5.97. The second-order valence-corrected chi connectivity index (χ2v) is 7.33. The molecule has 142 valence electrons. The van der Waals surface area contributed by atoms with Crippen molar-refractivity contribution in [3.63, 3.8) is 0 Å². The van der Waals surface area contributed by atoms with E-state index < -0.39 is 0 Å². The van der Waals surface area contributed by atoms with Gasteiger partial charge in [0.15, 0.2) is 11.3 Å². The number of fused-ring (bicyclic) bond motifs is 3. The molecule has 0 saturated heterocycles. The Kier molecular flexibility index (Phi) is 4.26. The second-order valence-electron chi connectivity index (χ2n) is 6.48. The number of rotatable bonds is 4. The lowest BCUT2D eigenvalue weighted by Gasteiger charge is -2.04. The highest BCUT2D eigenvalue weighted by molar-refractivity contribution is 7.13. The van der Waals surface area contributed by atoms with Gasteiger partial charge in [-0.3, -0.25) is 4.79 Å². The van der Waals surface area contributed by atoms with E-state index in [9.17, 15) is 4.79 Å². The van der Waals surface area contributed by atoms with Crippen LogP contribution >= 0.6 is 11.3 Å². The fourth-order valence-corrected chi connectivity index (χ4v) is 4.19. The zero-order valence-electron chi connectivity index (χ0n) is 15.5. The molecular weight excluding hydrogens is 384 g/mol. The quantitative estimate of drug-likeness (QED) is 0.404. The average molecular weight is 400 g/mol. The Balaban J connectivity index is 1.59. The molecule has 0 saturated carbocycles. The van der Waals surface area contributed by atoms with Gasteiger partial charge in [-0.15, -0.1) is 11.3 Å². The van der Waals surface area contributed by atoms with Gasteiger partial charge in [0.1, 0.15) is 16.3 Å². The molecule has 0 aliphatic carbocycles. The zero-order chi connectivity index (χ0) is 19.8. The van der Waals surface area contributed by atoms with E-state index in [0.717, 1.165) is 32.6 Å². The molecule has 5 aromatic rings. The molecule has 29 heavy (non-hydrogen) atoms. The Morgan fingerprint density at radius 2 is 1.83 bits per heavy atom. The Labute approximate surface area is 170 Å². The van der Waals surface area contributed by atoms with Crippen LogP contribution in [0, 0.1) is 0 Å². The molecule has 2 aromatic heterocycles. The normalized spacial score (nSPS) is 11.1. The number of ether oxygens (including phenoxy) is 1. The van der Waals surface area contributed by atoms with Crippen LogP contribution in [0.25, 0.3) is 32.5 Å². The Morgan fingerprint density at radius 3 is 2.66 bits per heavy atom. The molecule has 5 nitrogen and oxygen atoms in total. The number of benzene rings is 3. The molecule has 0 bridgehead atoms.